The van der Waals surface area contributed by atoms with E-state index in [1.165, 1.54) is 24.9 Å². The topological polar surface area (TPSA) is 41.4 Å². The number of halogens is 1. The second-order valence-electron chi connectivity index (χ2n) is 9.76. The number of aromatic nitrogens is 2. The highest BCUT2D eigenvalue weighted by Crippen LogP contribution is 2.33. The number of aryl methyl sites for hydroxylation is 1. The van der Waals surface area contributed by atoms with Crippen molar-refractivity contribution >= 4 is 34.4 Å². The molecule has 1 fully saturated rings. The van der Waals surface area contributed by atoms with Crippen molar-refractivity contribution in [3.63, 3.8) is 0 Å². The fraction of sp³-hybridized carbons (Fsp3) is 0.367. The molecule has 4 nitrogen and oxygen atoms in total. The van der Waals surface area contributed by atoms with Gasteiger partial charge in [-0.05, 0) is 87.9 Å². The van der Waals surface area contributed by atoms with Crippen molar-refractivity contribution < 1.29 is 0 Å². The van der Waals surface area contributed by atoms with Gasteiger partial charge in [0, 0.05) is 47.9 Å². The van der Waals surface area contributed by atoms with E-state index in [-0.39, 0.29) is 5.92 Å². The summed E-state index contributed by atoms with van der Waals surface area (Å²) in [7, 11) is 0. The highest BCUT2D eigenvalue weighted by molar-refractivity contribution is 6.33. The van der Waals surface area contributed by atoms with E-state index >= 15 is 0 Å². The lowest BCUT2D eigenvalue weighted by Gasteiger charge is -2.28. The summed E-state index contributed by atoms with van der Waals surface area (Å²) >= 11 is 6.63. The molecule has 3 heterocycles. The van der Waals surface area contributed by atoms with E-state index in [0.717, 1.165) is 64.7 Å². The summed E-state index contributed by atoms with van der Waals surface area (Å²) in [5.74, 6) is 0.963. The molecule has 0 aliphatic carbocycles. The van der Waals surface area contributed by atoms with Gasteiger partial charge < -0.3 is 4.90 Å². The molecule has 182 valence electrons. The first-order valence-electron chi connectivity index (χ1n) is 12.5. The zero-order valence-corrected chi connectivity index (χ0v) is 22.1. The lowest BCUT2D eigenvalue weighted by atomic mass is 9.98. The second-order valence-corrected chi connectivity index (χ2v) is 10.2. The molecule has 0 saturated carbocycles. The van der Waals surface area contributed by atoms with E-state index in [4.69, 9.17) is 21.6 Å². The van der Waals surface area contributed by atoms with Crippen LogP contribution in [0.3, 0.4) is 0 Å². The first-order chi connectivity index (χ1) is 16.8. The molecule has 5 heteroatoms. The predicted octanol–water partition coefficient (Wildman–Crippen LogP) is 8.42. The molecular formula is C30H35ClN4. The fourth-order valence-electron chi connectivity index (χ4n) is 4.63. The number of rotatable bonds is 7. The van der Waals surface area contributed by atoms with Crippen molar-refractivity contribution in [2.24, 2.45) is 4.99 Å². The third-order valence-electron chi connectivity index (χ3n) is 6.68. The fourth-order valence-corrected chi connectivity index (χ4v) is 4.94. The highest BCUT2D eigenvalue weighted by atomic mass is 35.5. The molecule has 35 heavy (non-hydrogen) atoms. The number of hydrogen-bond acceptors (Lipinski definition) is 4. The van der Waals surface area contributed by atoms with E-state index in [1.807, 2.05) is 32.2 Å². The normalized spacial score (nSPS) is 15.2. The Balaban J connectivity index is 1.54. The van der Waals surface area contributed by atoms with E-state index < -0.39 is 0 Å². The predicted molar refractivity (Wildman–Crippen MR) is 150 cm³/mol. The molecule has 1 saturated heterocycles. The number of hydrogen-bond donors (Lipinski definition) is 0. The summed E-state index contributed by atoms with van der Waals surface area (Å²) in [5.41, 5.74) is 8.27. The van der Waals surface area contributed by atoms with Crippen LogP contribution in [0.25, 0.3) is 16.8 Å². The number of anilines is 1. The number of aliphatic imine (C=N–C) groups is 1. The number of nitrogens with zero attached hydrogens (tertiary/aromatic N) is 4. The third-order valence-corrected chi connectivity index (χ3v) is 6.97. The van der Waals surface area contributed by atoms with E-state index in [0.29, 0.717) is 5.02 Å². The summed E-state index contributed by atoms with van der Waals surface area (Å²) in [6, 6.07) is 14.7. The van der Waals surface area contributed by atoms with Crippen LogP contribution in [0.5, 0.6) is 0 Å². The minimum absolute atomic E-state index is 0.243. The van der Waals surface area contributed by atoms with Crippen LogP contribution < -0.4 is 4.90 Å². The van der Waals surface area contributed by atoms with Crippen LogP contribution in [0.15, 0.2) is 60.2 Å². The Bertz CT molecular complexity index is 1220. The van der Waals surface area contributed by atoms with E-state index in [1.54, 1.807) is 0 Å². The molecule has 1 aliphatic rings. The minimum Gasteiger partial charge on any atom is -0.372 e. The Morgan fingerprint density at radius 3 is 2.49 bits per heavy atom. The van der Waals surface area contributed by atoms with Crippen LogP contribution in [0, 0.1) is 6.92 Å². The molecule has 0 spiro atoms. The maximum Gasteiger partial charge on any atom is 0.155 e. The van der Waals surface area contributed by atoms with Gasteiger partial charge in [0.15, 0.2) is 5.82 Å². The number of benzene rings is 1. The van der Waals surface area contributed by atoms with Crippen LogP contribution in [0.1, 0.15) is 69.2 Å². The third kappa shape index (κ3) is 6.18. The second kappa shape index (κ2) is 11.2. The maximum absolute atomic E-state index is 6.63. The molecule has 0 amide bonds. The SMILES string of the molecule is C=C(C)c1ccnc(C(C)C/C(C)=N/c2nc(-c3ccc(N4CCCCC4)cc3)c(Cl)cc2C)c1. The summed E-state index contributed by atoms with van der Waals surface area (Å²) < 4.78 is 0. The summed E-state index contributed by atoms with van der Waals surface area (Å²) in [5, 5.41) is 0.652. The van der Waals surface area contributed by atoms with Gasteiger partial charge in [-0.1, -0.05) is 42.8 Å². The van der Waals surface area contributed by atoms with Gasteiger partial charge in [0.1, 0.15) is 0 Å². The van der Waals surface area contributed by atoms with Gasteiger partial charge in [-0.2, -0.15) is 0 Å². The van der Waals surface area contributed by atoms with E-state index in [2.05, 4.69) is 60.6 Å². The van der Waals surface area contributed by atoms with Gasteiger partial charge in [-0.25, -0.2) is 9.98 Å². The quantitative estimate of drug-likeness (QED) is 0.314. The Morgan fingerprint density at radius 1 is 1.09 bits per heavy atom. The molecule has 1 aromatic carbocycles. The summed E-state index contributed by atoms with van der Waals surface area (Å²) in [6.07, 6.45) is 6.52. The van der Waals surface area contributed by atoms with Crippen molar-refractivity contribution in [3.8, 4) is 11.3 Å². The standard InChI is InChI=1S/C30H35ClN4/c1-20(2)25-13-14-32-28(19-25)21(3)17-23(5)33-30-22(4)18-27(31)29(34-30)24-9-11-26(12-10-24)35-15-7-6-8-16-35/h9-14,18-19,21H,1,6-8,15-17H2,2-5H3/b33-23+. The molecule has 0 N–H and O–H groups in total. The minimum atomic E-state index is 0.243. The van der Waals surface area contributed by atoms with Gasteiger partial charge in [-0.3, -0.25) is 4.98 Å². The lowest BCUT2D eigenvalue weighted by Crippen LogP contribution is -2.29. The monoisotopic (exact) mass is 486 g/mol. The molecule has 3 aromatic rings. The Kier molecular flexibility index (Phi) is 8.02. The first-order valence-corrected chi connectivity index (χ1v) is 12.9. The van der Waals surface area contributed by atoms with Crippen LogP contribution in [-0.2, 0) is 0 Å². The lowest BCUT2D eigenvalue weighted by molar-refractivity contribution is 0.578. The van der Waals surface area contributed by atoms with Gasteiger partial charge in [0.2, 0.25) is 0 Å². The van der Waals surface area contributed by atoms with Gasteiger partial charge in [-0.15, -0.1) is 0 Å². The summed E-state index contributed by atoms with van der Waals surface area (Å²) in [4.78, 5) is 16.8. The van der Waals surface area contributed by atoms with Crippen molar-refractivity contribution in [2.75, 3.05) is 18.0 Å². The van der Waals surface area contributed by atoms with Crippen LogP contribution >= 0.6 is 11.6 Å². The average Bonchev–Trinajstić information content (AvgIpc) is 2.86. The Morgan fingerprint density at radius 2 is 1.80 bits per heavy atom. The molecule has 4 rings (SSSR count). The molecule has 1 aliphatic heterocycles. The molecule has 1 unspecified atom stereocenters. The molecule has 2 aromatic heterocycles. The van der Waals surface area contributed by atoms with Crippen molar-refractivity contribution in [1.82, 2.24) is 9.97 Å². The van der Waals surface area contributed by atoms with E-state index in [9.17, 15) is 0 Å². The van der Waals surface area contributed by atoms with Crippen molar-refractivity contribution in [3.05, 3.63) is 77.1 Å². The van der Waals surface area contributed by atoms with Crippen LogP contribution in [-0.4, -0.2) is 28.8 Å². The zero-order chi connectivity index (χ0) is 24.9. The highest BCUT2D eigenvalue weighted by Gasteiger charge is 2.15. The Hall–Kier alpha value is -2.98. The largest absolute Gasteiger partial charge is 0.372 e. The van der Waals surface area contributed by atoms with Crippen LogP contribution in [0.2, 0.25) is 5.02 Å². The van der Waals surface area contributed by atoms with Gasteiger partial charge >= 0.3 is 0 Å². The smallest absolute Gasteiger partial charge is 0.155 e. The molecule has 1 atom stereocenters. The molecular weight excluding hydrogens is 452 g/mol. The van der Waals surface area contributed by atoms with Gasteiger partial charge in [0.05, 0.1) is 10.7 Å². The number of pyridine rings is 2. The average molecular weight is 487 g/mol. The van der Waals surface area contributed by atoms with Crippen molar-refractivity contribution in [1.29, 1.82) is 0 Å². The Labute approximate surface area is 214 Å². The summed E-state index contributed by atoms with van der Waals surface area (Å²) in [6.45, 7) is 14.6. The first kappa shape index (κ1) is 25.1. The zero-order valence-electron chi connectivity index (χ0n) is 21.3. The van der Waals surface area contributed by atoms with Crippen molar-refractivity contribution in [2.45, 2.75) is 59.3 Å². The molecule has 0 bridgehead atoms. The van der Waals surface area contributed by atoms with Crippen LogP contribution in [0.4, 0.5) is 11.5 Å². The maximum atomic E-state index is 6.63. The van der Waals surface area contributed by atoms with Gasteiger partial charge in [0.25, 0.3) is 0 Å². The number of allylic oxidation sites excluding steroid dienone is 1. The number of piperidine rings is 1. The molecule has 0 radical (unpaired) electrons.